The van der Waals surface area contributed by atoms with Crippen LogP contribution in [0, 0.1) is 5.41 Å². The predicted octanol–water partition coefficient (Wildman–Crippen LogP) is 3.22. The minimum absolute atomic E-state index is 0.293. The van der Waals surface area contributed by atoms with Gasteiger partial charge >= 0.3 is 0 Å². The number of likely N-dealkylation sites (N-methyl/N-ethyl adjacent to an activating group) is 1. The molecule has 0 saturated carbocycles. The van der Waals surface area contributed by atoms with Gasteiger partial charge in [0.1, 0.15) is 12.4 Å². The number of nitrogens with zero attached hydrogens (tertiary/aromatic N) is 1. The number of para-hydroxylation sites is 1. The lowest BCUT2D eigenvalue weighted by Gasteiger charge is -2.21. The van der Waals surface area contributed by atoms with Crippen LogP contribution in [0.5, 0.6) is 5.75 Å². The summed E-state index contributed by atoms with van der Waals surface area (Å²) in [6.07, 6.45) is 1.05. The lowest BCUT2D eigenvalue weighted by molar-refractivity contribution is 0.257. The zero-order valence-electron chi connectivity index (χ0n) is 11.8. The van der Waals surface area contributed by atoms with E-state index in [1.54, 1.807) is 0 Å². The number of hydrogen-bond acceptors (Lipinski definition) is 2. The molecule has 2 nitrogen and oxygen atoms in total. The second-order valence-corrected chi connectivity index (χ2v) is 6.00. The Balaban J connectivity index is 2.64. The summed E-state index contributed by atoms with van der Waals surface area (Å²) in [6, 6.07) is 8.35. The summed E-state index contributed by atoms with van der Waals surface area (Å²) in [5, 5.41) is 0. The Morgan fingerprint density at radius 2 is 1.76 bits per heavy atom. The average Bonchev–Trinajstić information content (AvgIpc) is 2.17. The normalized spacial score (nSPS) is 11.9. The third-order valence-corrected chi connectivity index (χ3v) is 2.49. The quantitative estimate of drug-likeness (QED) is 0.777. The summed E-state index contributed by atoms with van der Waals surface area (Å²) in [5.74, 6) is 1.03. The molecule has 0 amide bonds. The van der Waals surface area contributed by atoms with Gasteiger partial charge in [-0.25, -0.2) is 0 Å². The van der Waals surface area contributed by atoms with Crippen molar-refractivity contribution in [3.63, 3.8) is 0 Å². The summed E-state index contributed by atoms with van der Waals surface area (Å²) in [4.78, 5) is 2.13. The molecule has 1 rings (SSSR count). The van der Waals surface area contributed by atoms with Crippen LogP contribution in [0.3, 0.4) is 0 Å². The molecular formula is C15H25NO. The second-order valence-electron chi connectivity index (χ2n) is 6.00. The molecule has 1 aromatic rings. The van der Waals surface area contributed by atoms with Crippen LogP contribution in [0.2, 0.25) is 0 Å². The van der Waals surface area contributed by atoms with Crippen LogP contribution in [0.1, 0.15) is 26.3 Å². The molecule has 0 bridgehead atoms. The van der Waals surface area contributed by atoms with Crippen molar-refractivity contribution in [3.05, 3.63) is 29.8 Å². The number of benzene rings is 1. The summed E-state index contributed by atoms with van der Waals surface area (Å²) in [7, 11) is 4.12. The number of hydrogen-bond donors (Lipinski definition) is 0. The van der Waals surface area contributed by atoms with Crippen LogP contribution < -0.4 is 4.74 Å². The van der Waals surface area contributed by atoms with E-state index in [1.807, 2.05) is 6.07 Å². The second kappa shape index (κ2) is 6.06. The molecule has 0 radical (unpaired) electrons. The topological polar surface area (TPSA) is 12.5 Å². The van der Waals surface area contributed by atoms with E-state index < -0.39 is 0 Å². The molecule has 0 N–H and O–H groups in total. The van der Waals surface area contributed by atoms with Crippen LogP contribution in [0.15, 0.2) is 24.3 Å². The first-order valence-electron chi connectivity index (χ1n) is 6.24. The first kappa shape index (κ1) is 14.0. The molecule has 17 heavy (non-hydrogen) atoms. The third kappa shape index (κ3) is 5.73. The van der Waals surface area contributed by atoms with Crippen molar-refractivity contribution in [1.82, 2.24) is 4.90 Å². The third-order valence-electron chi connectivity index (χ3n) is 2.49. The highest BCUT2D eigenvalue weighted by Crippen LogP contribution is 2.27. The maximum Gasteiger partial charge on any atom is 0.122 e. The molecule has 0 aromatic heterocycles. The van der Waals surface area contributed by atoms with Crippen LogP contribution in [-0.2, 0) is 6.42 Å². The Morgan fingerprint density at radius 1 is 1.12 bits per heavy atom. The standard InChI is InChI=1S/C15H25NO/c1-15(2,3)12-13-8-6-7-9-14(13)17-11-10-16(4)5/h6-9H,10-12H2,1-5H3. The Morgan fingerprint density at radius 3 is 2.35 bits per heavy atom. The van der Waals surface area contributed by atoms with Crippen LogP contribution >= 0.6 is 0 Å². The summed E-state index contributed by atoms with van der Waals surface area (Å²) < 4.78 is 5.85. The van der Waals surface area contributed by atoms with Gasteiger partial charge in [-0.15, -0.1) is 0 Å². The van der Waals surface area contributed by atoms with Gasteiger partial charge in [0.2, 0.25) is 0 Å². The molecule has 0 spiro atoms. The van der Waals surface area contributed by atoms with Crippen molar-refractivity contribution >= 4 is 0 Å². The van der Waals surface area contributed by atoms with Crippen LogP contribution in [-0.4, -0.2) is 32.1 Å². The SMILES string of the molecule is CN(C)CCOc1ccccc1CC(C)(C)C. The summed E-state index contributed by atoms with van der Waals surface area (Å²) in [6.45, 7) is 8.45. The zero-order chi connectivity index (χ0) is 12.9. The highest BCUT2D eigenvalue weighted by atomic mass is 16.5. The fourth-order valence-corrected chi connectivity index (χ4v) is 1.70. The van der Waals surface area contributed by atoms with Gasteiger partial charge in [0.05, 0.1) is 0 Å². The van der Waals surface area contributed by atoms with Gasteiger partial charge in [0, 0.05) is 6.54 Å². The van der Waals surface area contributed by atoms with Crippen LogP contribution in [0.25, 0.3) is 0 Å². The van der Waals surface area contributed by atoms with E-state index in [9.17, 15) is 0 Å². The average molecular weight is 235 g/mol. The molecule has 1 aromatic carbocycles. The highest BCUT2D eigenvalue weighted by Gasteiger charge is 2.14. The molecule has 2 heteroatoms. The molecule has 0 aliphatic rings. The maximum atomic E-state index is 5.85. The Kier molecular flexibility index (Phi) is 5.01. The lowest BCUT2D eigenvalue weighted by atomic mass is 9.88. The molecule has 96 valence electrons. The van der Waals surface area contributed by atoms with E-state index in [0.717, 1.165) is 25.3 Å². The van der Waals surface area contributed by atoms with E-state index in [4.69, 9.17) is 4.74 Å². The van der Waals surface area contributed by atoms with Gasteiger partial charge in [-0.1, -0.05) is 39.0 Å². The predicted molar refractivity (Wildman–Crippen MR) is 73.7 cm³/mol. The fraction of sp³-hybridized carbons (Fsp3) is 0.600. The number of ether oxygens (including phenoxy) is 1. The minimum Gasteiger partial charge on any atom is -0.492 e. The van der Waals surface area contributed by atoms with E-state index in [2.05, 4.69) is 58.0 Å². The van der Waals surface area contributed by atoms with Crippen molar-refractivity contribution in [2.45, 2.75) is 27.2 Å². The van der Waals surface area contributed by atoms with E-state index >= 15 is 0 Å². The largest absolute Gasteiger partial charge is 0.492 e. The van der Waals surface area contributed by atoms with Gasteiger partial charge in [-0.05, 0) is 37.6 Å². The zero-order valence-corrected chi connectivity index (χ0v) is 11.8. The first-order chi connectivity index (χ1) is 7.88. The first-order valence-corrected chi connectivity index (χ1v) is 6.24. The van der Waals surface area contributed by atoms with Gasteiger partial charge in [0.25, 0.3) is 0 Å². The molecule has 0 saturated heterocycles. The van der Waals surface area contributed by atoms with Crippen molar-refractivity contribution in [2.24, 2.45) is 5.41 Å². The Hall–Kier alpha value is -1.02. The Bertz CT molecular complexity index is 339. The lowest BCUT2D eigenvalue weighted by Crippen LogP contribution is -2.20. The van der Waals surface area contributed by atoms with Crippen molar-refractivity contribution in [2.75, 3.05) is 27.2 Å². The van der Waals surface area contributed by atoms with Gasteiger partial charge in [-0.2, -0.15) is 0 Å². The summed E-state index contributed by atoms with van der Waals surface area (Å²) >= 11 is 0. The Labute approximate surface area is 106 Å². The summed E-state index contributed by atoms with van der Waals surface area (Å²) in [5.41, 5.74) is 1.60. The van der Waals surface area contributed by atoms with E-state index in [0.29, 0.717) is 5.41 Å². The molecule has 0 fully saturated rings. The number of rotatable bonds is 5. The van der Waals surface area contributed by atoms with Gasteiger partial charge < -0.3 is 9.64 Å². The van der Waals surface area contributed by atoms with Crippen LogP contribution in [0.4, 0.5) is 0 Å². The minimum atomic E-state index is 0.293. The maximum absolute atomic E-state index is 5.85. The van der Waals surface area contributed by atoms with E-state index in [1.165, 1.54) is 5.56 Å². The van der Waals surface area contributed by atoms with E-state index in [-0.39, 0.29) is 0 Å². The molecule has 0 unspecified atom stereocenters. The molecular weight excluding hydrogens is 210 g/mol. The van der Waals surface area contributed by atoms with Gasteiger partial charge in [-0.3, -0.25) is 0 Å². The van der Waals surface area contributed by atoms with Crippen molar-refractivity contribution < 1.29 is 4.74 Å². The van der Waals surface area contributed by atoms with Crippen molar-refractivity contribution in [3.8, 4) is 5.75 Å². The monoisotopic (exact) mass is 235 g/mol. The van der Waals surface area contributed by atoms with Gasteiger partial charge in [0.15, 0.2) is 0 Å². The fourth-order valence-electron chi connectivity index (χ4n) is 1.70. The highest BCUT2D eigenvalue weighted by molar-refractivity contribution is 5.34. The van der Waals surface area contributed by atoms with Crippen molar-refractivity contribution in [1.29, 1.82) is 0 Å². The molecule has 0 aliphatic heterocycles. The molecule has 0 aliphatic carbocycles. The molecule has 0 heterocycles. The smallest absolute Gasteiger partial charge is 0.122 e. The molecule has 0 atom stereocenters.